The number of benzene rings is 1. The quantitative estimate of drug-likeness (QED) is 0.477. The molecule has 1 saturated heterocycles. The van der Waals surface area contributed by atoms with Gasteiger partial charge in [0.1, 0.15) is 5.69 Å². The fraction of sp³-hybridized carbons (Fsp3) is 0.650. The van der Waals surface area contributed by atoms with Crippen molar-refractivity contribution in [3.05, 3.63) is 28.3 Å². The molecular formula is C20H32N4O5S. The van der Waals surface area contributed by atoms with Crippen molar-refractivity contribution < 1.29 is 18.1 Å². The molecule has 0 radical (unpaired) electrons. The first-order valence-electron chi connectivity index (χ1n) is 10.2. The lowest BCUT2D eigenvalue weighted by molar-refractivity contribution is -0.384. The molecule has 10 heteroatoms. The monoisotopic (exact) mass is 440 g/mol. The first kappa shape index (κ1) is 24.1. The summed E-state index contributed by atoms with van der Waals surface area (Å²) in [7, 11) is -3.78. The summed E-state index contributed by atoms with van der Waals surface area (Å²) in [5.41, 5.74) is 0.0400. The van der Waals surface area contributed by atoms with Crippen molar-refractivity contribution in [3.8, 4) is 0 Å². The Kier molecular flexibility index (Phi) is 7.46. The lowest BCUT2D eigenvalue weighted by atomic mass is 9.91. The summed E-state index contributed by atoms with van der Waals surface area (Å²) in [6.45, 7) is 11.9. The van der Waals surface area contributed by atoms with E-state index in [-0.39, 0.29) is 21.9 Å². The van der Waals surface area contributed by atoms with Gasteiger partial charge >= 0.3 is 0 Å². The Labute approximate surface area is 178 Å². The molecule has 0 bridgehead atoms. The Bertz CT molecular complexity index is 883. The van der Waals surface area contributed by atoms with Gasteiger partial charge < -0.3 is 9.80 Å². The highest BCUT2D eigenvalue weighted by Gasteiger charge is 2.30. The zero-order valence-electron chi connectivity index (χ0n) is 18.4. The summed E-state index contributed by atoms with van der Waals surface area (Å²) in [5.74, 6) is 0.0808. The van der Waals surface area contributed by atoms with Crippen molar-refractivity contribution in [3.63, 3.8) is 0 Å². The number of hydrogen-bond acceptors (Lipinski definition) is 6. The van der Waals surface area contributed by atoms with E-state index in [1.165, 1.54) is 16.4 Å². The van der Waals surface area contributed by atoms with Crippen LogP contribution in [0.5, 0.6) is 0 Å². The fourth-order valence-electron chi connectivity index (χ4n) is 3.55. The Morgan fingerprint density at radius 3 is 2.17 bits per heavy atom. The number of anilines is 1. The van der Waals surface area contributed by atoms with Crippen molar-refractivity contribution in [2.75, 3.05) is 44.2 Å². The molecule has 1 aliphatic heterocycles. The second-order valence-corrected chi connectivity index (χ2v) is 10.5. The molecule has 9 nitrogen and oxygen atoms in total. The number of piperazine rings is 1. The Hall–Kier alpha value is -2.20. The minimum absolute atomic E-state index is 0.0808. The first-order valence-corrected chi connectivity index (χ1v) is 11.7. The predicted molar refractivity (Wildman–Crippen MR) is 116 cm³/mol. The summed E-state index contributed by atoms with van der Waals surface area (Å²) in [5, 5.41) is 11.7. The molecule has 0 atom stereocenters. The van der Waals surface area contributed by atoms with Crippen LogP contribution in [-0.4, -0.2) is 67.7 Å². The highest BCUT2D eigenvalue weighted by atomic mass is 32.2. The normalized spacial score (nSPS) is 15.5. The average molecular weight is 441 g/mol. The number of nitro benzene ring substituents is 1. The second kappa shape index (κ2) is 9.30. The van der Waals surface area contributed by atoms with Crippen molar-refractivity contribution in [1.29, 1.82) is 0 Å². The third-order valence-electron chi connectivity index (χ3n) is 5.14. The van der Waals surface area contributed by atoms with Crippen LogP contribution >= 0.6 is 0 Å². The van der Waals surface area contributed by atoms with Crippen LogP contribution in [0.2, 0.25) is 0 Å². The molecule has 168 valence electrons. The highest BCUT2D eigenvalue weighted by molar-refractivity contribution is 7.89. The first-order chi connectivity index (χ1) is 13.9. The summed E-state index contributed by atoms with van der Waals surface area (Å²) in [6, 6.07) is 4.06. The predicted octanol–water partition coefficient (Wildman–Crippen LogP) is 2.71. The highest BCUT2D eigenvalue weighted by Crippen LogP contribution is 2.32. The van der Waals surface area contributed by atoms with Crippen LogP contribution in [0.3, 0.4) is 0 Å². The van der Waals surface area contributed by atoms with E-state index in [2.05, 4.69) is 0 Å². The smallest absolute Gasteiger partial charge is 0.293 e. The maximum atomic E-state index is 12.7. The van der Waals surface area contributed by atoms with Gasteiger partial charge in [0.05, 0.1) is 9.82 Å². The molecule has 30 heavy (non-hydrogen) atoms. The Morgan fingerprint density at radius 1 is 1.13 bits per heavy atom. The van der Waals surface area contributed by atoms with Crippen LogP contribution in [0.4, 0.5) is 11.4 Å². The van der Waals surface area contributed by atoms with Gasteiger partial charge in [0.2, 0.25) is 15.9 Å². The van der Waals surface area contributed by atoms with E-state index in [0.717, 1.165) is 6.07 Å². The van der Waals surface area contributed by atoms with Gasteiger partial charge in [-0.15, -0.1) is 0 Å². The van der Waals surface area contributed by atoms with Crippen LogP contribution in [0.15, 0.2) is 23.1 Å². The molecule has 1 heterocycles. The average Bonchev–Trinajstić information content (AvgIpc) is 2.67. The third-order valence-corrected chi connectivity index (χ3v) is 7.19. The summed E-state index contributed by atoms with van der Waals surface area (Å²) in [4.78, 5) is 27.1. The molecule has 0 saturated carbocycles. The van der Waals surface area contributed by atoms with Crippen molar-refractivity contribution in [1.82, 2.24) is 9.21 Å². The number of hydrogen-bond donors (Lipinski definition) is 0. The Morgan fingerprint density at radius 2 is 1.70 bits per heavy atom. The lowest BCUT2D eigenvalue weighted by Crippen LogP contribution is -2.49. The van der Waals surface area contributed by atoms with Gasteiger partial charge in [-0.2, -0.15) is 4.31 Å². The van der Waals surface area contributed by atoms with E-state index in [9.17, 15) is 23.3 Å². The molecule has 1 fully saturated rings. The molecule has 2 rings (SSSR count). The SMILES string of the molecule is CCN(CC)S(=O)(=O)c1ccc(N2CCN(C(=O)CC(C)(C)C)CC2)c([N+](=O)[O-])c1. The third kappa shape index (κ3) is 5.48. The van der Waals surface area contributed by atoms with Gasteiger partial charge in [0, 0.05) is 51.8 Å². The number of nitro groups is 1. The van der Waals surface area contributed by atoms with Gasteiger partial charge in [0.15, 0.2) is 0 Å². The molecule has 1 aromatic carbocycles. The molecule has 0 aliphatic carbocycles. The zero-order chi connectivity index (χ0) is 22.7. The number of nitrogens with zero attached hydrogens (tertiary/aromatic N) is 4. The van der Waals surface area contributed by atoms with Crippen molar-refractivity contribution in [2.24, 2.45) is 5.41 Å². The molecule has 1 aromatic rings. The molecule has 0 unspecified atom stereocenters. The van der Waals surface area contributed by atoms with Gasteiger partial charge in [-0.25, -0.2) is 8.42 Å². The van der Waals surface area contributed by atoms with Crippen molar-refractivity contribution in [2.45, 2.75) is 45.9 Å². The number of sulfonamides is 1. The van der Waals surface area contributed by atoms with E-state index < -0.39 is 14.9 Å². The minimum Gasteiger partial charge on any atom is -0.362 e. The number of carbonyl (C=O) groups is 1. The summed E-state index contributed by atoms with van der Waals surface area (Å²) < 4.78 is 26.7. The minimum atomic E-state index is -3.78. The summed E-state index contributed by atoms with van der Waals surface area (Å²) >= 11 is 0. The van der Waals surface area contributed by atoms with E-state index in [0.29, 0.717) is 51.4 Å². The van der Waals surface area contributed by atoms with Crippen LogP contribution in [0.25, 0.3) is 0 Å². The van der Waals surface area contributed by atoms with E-state index in [1.807, 2.05) is 25.7 Å². The summed E-state index contributed by atoms with van der Waals surface area (Å²) in [6.07, 6.45) is 0.449. The van der Waals surface area contributed by atoms with E-state index in [4.69, 9.17) is 0 Å². The maximum absolute atomic E-state index is 12.7. The second-order valence-electron chi connectivity index (χ2n) is 8.60. The molecular weight excluding hydrogens is 408 g/mol. The van der Waals surface area contributed by atoms with E-state index in [1.54, 1.807) is 18.7 Å². The largest absolute Gasteiger partial charge is 0.362 e. The van der Waals surface area contributed by atoms with Gasteiger partial charge in [-0.1, -0.05) is 34.6 Å². The lowest BCUT2D eigenvalue weighted by Gasteiger charge is -2.37. The topological polar surface area (TPSA) is 104 Å². The molecule has 0 aromatic heterocycles. The molecule has 1 amide bonds. The zero-order valence-corrected chi connectivity index (χ0v) is 19.2. The number of rotatable bonds is 7. The van der Waals surface area contributed by atoms with Crippen LogP contribution in [0.1, 0.15) is 41.0 Å². The Balaban J connectivity index is 2.23. The number of amides is 1. The van der Waals surface area contributed by atoms with Gasteiger partial charge in [-0.3, -0.25) is 14.9 Å². The van der Waals surface area contributed by atoms with Crippen molar-refractivity contribution >= 4 is 27.3 Å². The van der Waals surface area contributed by atoms with Gasteiger partial charge in [-0.05, 0) is 17.5 Å². The van der Waals surface area contributed by atoms with Gasteiger partial charge in [0.25, 0.3) is 5.69 Å². The van der Waals surface area contributed by atoms with E-state index >= 15 is 0 Å². The molecule has 1 aliphatic rings. The van der Waals surface area contributed by atoms with Crippen LogP contribution in [0, 0.1) is 15.5 Å². The fourth-order valence-corrected chi connectivity index (χ4v) is 5.03. The van der Waals surface area contributed by atoms with Crippen LogP contribution in [-0.2, 0) is 14.8 Å². The standard InChI is InChI=1S/C20H32N4O5S/c1-6-23(7-2)30(28,29)16-8-9-17(18(14-16)24(26)27)21-10-12-22(13-11-21)19(25)15-20(3,4)5/h8-9,14H,6-7,10-13,15H2,1-5H3. The molecule has 0 N–H and O–H groups in total. The number of carbonyl (C=O) groups excluding carboxylic acids is 1. The maximum Gasteiger partial charge on any atom is 0.293 e. The molecule has 0 spiro atoms. The van der Waals surface area contributed by atoms with Crippen LogP contribution < -0.4 is 4.90 Å².